The maximum atomic E-state index is 10.5. The lowest BCUT2D eigenvalue weighted by Gasteiger charge is -2.15. The van der Waals surface area contributed by atoms with Gasteiger partial charge in [-0.3, -0.25) is 0 Å². The van der Waals surface area contributed by atoms with Gasteiger partial charge in [0.25, 0.3) is 0 Å². The molecule has 15 heavy (non-hydrogen) atoms. The van der Waals surface area contributed by atoms with Crippen LogP contribution in [0.3, 0.4) is 0 Å². The fraction of sp³-hybridized carbons (Fsp3) is 0.182. The van der Waals surface area contributed by atoms with Gasteiger partial charge in [0.2, 0.25) is 0 Å². The predicted molar refractivity (Wildman–Crippen MR) is 53.0 cm³/mol. The zero-order chi connectivity index (χ0) is 11.4. The van der Waals surface area contributed by atoms with Crippen molar-refractivity contribution >= 4 is 5.97 Å². The normalized spacial score (nSPS) is 13.9. The highest BCUT2D eigenvalue weighted by atomic mass is 16.4. The van der Waals surface area contributed by atoms with Crippen molar-refractivity contribution in [3.63, 3.8) is 0 Å². The lowest BCUT2D eigenvalue weighted by Crippen LogP contribution is -2.27. The highest BCUT2D eigenvalue weighted by molar-refractivity contribution is 5.73. The highest BCUT2D eigenvalue weighted by Crippen LogP contribution is 2.20. The lowest BCUT2D eigenvalue weighted by atomic mass is 9.99. The second-order valence-corrected chi connectivity index (χ2v) is 2.96. The van der Waals surface area contributed by atoms with Crippen molar-refractivity contribution in [2.24, 2.45) is 0 Å². The monoisotopic (exact) mass is 206 g/mol. The molecule has 2 atom stereocenters. The van der Waals surface area contributed by atoms with Gasteiger partial charge in [-0.15, -0.1) is 6.42 Å². The number of terminal acetylenes is 1. The van der Waals surface area contributed by atoms with Crippen LogP contribution in [0.4, 0.5) is 0 Å². The first-order valence-electron chi connectivity index (χ1n) is 4.22. The highest BCUT2D eigenvalue weighted by Gasteiger charge is 2.26. The molecule has 0 saturated carbocycles. The molecule has 78 valence electrons. The molecule has 1 rings (SSSR count). The Kier molecular flexibility index (Phi) is 3.45. The lowest BCUT2D eigenvalue weighted by molar-refractivity contribution is -0.153. The van der Waals surface area contributed by atoms with Gasteiger partial charge >= 0.3 is 5.97 Å². The van der Waals surface area contributed by atoms with Gasteiger partial charge in [0, 0.05) is 5.56 Å². The SMILES string of the molecule is C#Cc1ccccc1C(O)C(O)C(=O)O. The summed E-state index contributed by atoms with van der Waals surface area (Å²) in [5.41, 5.74) is 0.597. The minimum atomic E-state index is -1.88. The standard InChI is InChI=1S/C11H10O4/c1-2-7-5-3-4-6-8(7)9(12)10(13)11(14)15/h1,3-6,9-10,12-13H,(H,14,15). The minimum absolute atomic E-state index is 0.231. The summed E-state index contributed by atoms with van der Waals surface area (Å²) in [7, 11) is 0. The number of hydrogen-bond acceptors (Lipinski definition) is 3. The van der Waals surface area contributed by atoms with Crippen molar-refractivity contribution in [1.82, 2.24) is 0 Å². The number of rotatable bonds is 3. The zero-order valence-electron chi connectivity index (χ0n) is 7.79. The number of carbonyl (C=O) groups is 1. The summed E-state index contributed by atoms with van der Waals surface area (Å²) in [6, 6.07) is 6.31. The van der Waals surface area contributed by atoms with Crippen molar-refractivity contribution in [1.29, 1.82) is 0 Å². The summed E-state index contributed by atoms with van der Waals surface area (Å²) in [4.78, 5) is 10.5. The summed E-state index contributed by atoms with van der Waals surface area (Å²) in [6.07, 6.45) is 1.78. The van der Waals surface area contributed by atoms with Crippen LogP contribution in [0, 0.1) is 12.3 Å². The molecule has 4 nitrogen and oxygen atoms in total. The summed E-state index contributed by atoms with van der Waals surface area (Å²) < 4.78 is 0. The molecule has 2 unspecified atom stereocenters. The number of aliphatic carboxylic acids is 1. The molecule has 0 fully saturated rings. The van der Waals surface area contributed by atoms with Crippen LogP contribution in [0.2, 0.25) is 0 Å². The molecule has 0 aromatic heterocycles. The van der Waals surface area contributed by atoms with Gasteiger partial charge in [0.05, 0.1) is 0 Å². The van der Waals surface area contributed by atoms with Crippen molar-refractivity contribution in [3.05, 3.63) is 35.4 Å². The van der Waals surface area contributed by atoms with E-state index in [2.05, 4.69) is 5.92 Å². The average molecular weight is 206 g/mol. The Morgan fingerprint density at radius 1 is 1.33 bits per heavy atom. The van der Waals surface area contributed by atoms with E-state index >= 15 is 0 Å². The van der Waals surface area contributed by atoms with Crippen molar-refractivity contribution in [2.45, 2.75) is 12.2 Å². The van der Waals surface area contributed by atoms with E-state index in [1.165, 1.54) is 6.07 Å². The van der Waals surface area contributed by atoms with Crippen LogP contribution in [-0.4, -0.2) is 27.4 Å². The van der Waals surface area contributed by atoms with Crippen LogP contribution in [0.25, 0.3) is 0 Å². The van der Waals surface area contributed by atoms with E-state index in [1.807, 2.05) is 0 Å². The van der Waals surface area contributed by atoms with Gasteiger partial charge in [-0.05, 0) is 11.6 Å². The number of carboxylic acids is 1. The fourth-order valence-electron chi connectivity index (χ4n) is 1.19. The Labute approximate surface area is 86.8 Å². The maximum Gasteiger partial charge on any atom is 0.335 e. The molecule has 0 saturated heterocycles. The van der Waals surface area contributed by atoms with E-state index in [0.717, 1.165) is 0 Å². The van der Waals surface area contributed by atoms with Crippen LogP contribution in [0.1, 0.15) is 17.2 Å². The third-order valence-corrected chi connectivity index (χ3v) is 1.99. The van der Waals surface area contributed by atoms with Crippen molar-refractivity contribution in [2.75, 3.05) is 0 Å². The molecule has 0 radical (unpaired) electrons. The molecule has 1 aromatic rings. The number of aliphatic hydroxyl groups is 2. The summed E-state index contributed by atoms with van der Waals surface area (Å²) in [5.74, 6) is 0.815. The Morgan fingerprint density at radius 2 is 1.93 bits per heavy atom. The predicted octanol–water partition coefficient (Wildman–Crippen LogP) is 0.147. The van der Waals surface area contributed by atoms with Gasteiger partial charge in [0.15, 0.2) is 6.10 Å². The zero-order valence-corrected chi connectivity index (χ0v) is 7.79. The minimum Gasteiger partial charge on any atom is -0.479 e. The van der Waals surface area contributed by atoms with Gasteiger partial charge in [-0.25, -0.2) is 4.79 Å². The summed E-state index contributed by atoms with van der Waals surface area (Å²) in [6.45, 7) is 0. The molecule has 0 aliphatic heterocycles. The second kappa shape index (κ2) is 4.60. The Bertz CT molecular complexity index is 405. The molecule has 1 aromatic carbocycles. The Balaban J connectivity index is 3.06. The van der Waals surface area contributed by atoms with Gasteiger partial charge < -0.3 is 15.3 Å². The largest absolute Gasteiger partial charge is 0.479 e. The third kappa shape index (κ3) is 2.34. The van der Waals surface area contributed by atoms with Crippen LogP contribution in [-0.2, 0) is 4.79 Å². The molecule has 0 heterocycles. The van der Waals surface area contributed by atoms with E-state index in [-0.39, 0.29) is 5.56 Å². The molecule has 0 aliphatic carbocycles. The number of aliphatic hydroxyl groups excluding tert-OH is 2. The van der Waals surface area contributed by atoms with Crippen LogP contribution >= 0.6 is 0 Å². The average Bonchev–Trinajstić information content (AvgIpc) is 2.26. The number of carboxylic acid groups (broad SMARTS) is 1. The van der Waals surface area contributed by atoms with Gasteiger partial charge in [-0.2, -0.15) is 0 Å². The molecule has 3 N–H and O–H groups in total. The third-order valence-electron chi connectivity index (χ3n) is 1.99. The van der Waals surface area contributed by atoms with E-state index in [1.54, 1.807) is 18.2 Å². The van der Waals surface area contributed by atoms with E-state index < -0.39 is 18.2 Å². The first-order chi connectivity index (χ1) is 7.07. The fourth-order valence-corrected chi connectivity index (χ4v) is 1.19. The van der Waals surface area contributed by atoms with Crippen LogP contribution in [0.5, 0.6) is 0 Å². The van der Waals surface area contributed by atoms with Crippen molar-refractivity contribution < 1.29 is 20.1 Å². The number of hydrogen-bond donors (Lipinski definition) is 3. The number of benzene rings is 1. The second-order valence-electron chi connectivity index (χ2n) is 2.96. The molecular weight excluding hydrogens is 196 g/mol. The molecular formula is C11H10O4. The van der Waals surface area contributed by atoms with E-state index in [4.69, 9.17) is 16.6 Å². The van der Waals surface area contributed by atoms with E-state index in [9.17, 15) is 9.90 Å². The first-order valence-corrected chi connectivity index (χ1v) is 4.22. The molecule has 0 spiro atoms. The van der Waals surface area contributed by atoms with Gasteiger partial charge in [-0.1, -0.05) is 24.1 Å². The van der Waals surface area contributed by atoms with Gasteiger partial charge in [0.1, 0.15) is 6.10 Å². The maximum absolute atomic E-state index is 10.5. The molecule has 0 aliphatic rings. The Hall–Kier alpha value is -1.83. The molecule has 4 heteroatoms. The molecule has 0 bridgehead atoms. The van der Waals surface area contributed by atoms with Crippen LogP contribution in [0.15, 0.2) is 24.3 Å². The summed E-state index contributed by atoms with van der Waals surface area (Å²) >= 11 is 0. The topological polar surface area (TPSA) is 77.8 Å². The van der Waals surface area contributed by atoms with Crippen LogP contribution < -0.4 is 0 Å². The quantitative estimate of drug-likeness (QED) is 0.615. The Morgan fingerprint density at radius 3 is 2.47 bits per heavy atom. The molecule has 0 amide bonds. The summed E-state index contributed by atoms with van der Waals surface area (Å²) in [5, 5.41) is 27.2. The van der Waals surface area contributed by atoms with E-state index in [0.29, 0.717) is 5.56 Å². The smallest absolute Gasteiger partial charge is 0.335 e. The van der Waals surface area contributed by atoms with Crippen molar-refractivity contribution in [3.8, 4) is 12.3 Å². The first kappa shape index (κ1) is 11.2.